The highest BCUT2D eigenvalue weighted by Gasteiger charge is 2.57. The van der Waals surface area contributed by atoms with Crippen LogP contribution >= 0.6 is 0 Å². The molecule has 1 amide bonds. The molecule has 0 unspecified atom stereocenters. The Morgan fingerprint density at radius 1 is 1.06 bits per heavy atom. The zero-order chi connectivity index (χ0) is 25.0. The van der Waals surface area contributed by atoms with Gasteiger partial charge < -0.3 is 19.2 Å². The molecule has 1 aromatic heterocycles. The van der Waals surface area contributed by atoms with Crippen molar-refractivity contribution < 1.29 is 49.1 Å². The Labute approximate surface area is 186 Å². The van der Waals surface area contributed by atoms with Gasteiger partial charge in [0.1, 0.15) is 0 Å². The summed E-state index contributed by atoms with van der Waals surface area (Å²) in [6.45, 7) is -2.03. The maximum atomic E-state index is 12.9. The summed E-state index contributed by atoms with van der Waals surface area (Å²) in [5, 5.41) is 0.697. The largest absolute Gasteiger partial charge is 0.493 e. The van der Waals surface area contributed by atoms with Crippen LogP contribution in [0.1, 0.15) is 16.1 Å². The van der Waals surface area contributed by atoms with E-state index in [1.807, 2.05) is 0 Å². The minimum Gasteiger partial charge on any atom is -0.493 e. The fourth-order valence-corrected chi connectivity index (χ4v) is 3.63. The van der Waals surface area contributed by atoms with Crippen molar-refractivity contribution >= 4 is 15.9 Å². The van der Waals surface area contributed by atoms with E-state index in [0.29, 0.717) is 11.5 Å². The van der Waals surface area contributed by atoms with Crippen molar-refractivity contribution in [3.05, 3.63) is 41.7 Å². The third kappa shape index (κ3) is 6.13. The maximum absolute atomic E-state index is 12.9. The van der Waals surface area contributed by atoms with Crippen molar-refractivity contribution in [2.75, 3.05) is 34.4 Å². The van der Waals surface area contributed by atoms with Crippen LogP contribution in [0.2, 0.25) is 0 Å². The van der Waals surface area contributed by atoms with Crippen LogP contribution in [0.15, 0.2) is 39.8 Å². The summed E-state index contributed by atoms with van der Waals surface area (Å²) >= 11 is 0. The minimum absolute atomic E-state index is 0.00213. The molecule has 0 spiro atoms. The van der Waals surface area contributed by atoms with Crippen molar-refractivity contribution in [1.82, 2.24) is 9.62 Å². The summed E-state index contributed by atoms with van der Waals surface area (Å²) in [6.07, 6.45) is -5.58. The molecule has 0 aliphatic heterocycles. The first-order valence-electron chi connectivity index (χ1n) is 9.22. The molecule has 0 bridgehead atoms. The Balaban J connectivity index is 2.05. The molecule has 0 aliphatic carbocycles. The van der Waals surface area contributed by atoms with Crippen LogP contribution in [0.25, 0.3) is 0 Å². The summed E-state index contributed by atoms with van der Waals surface area (Å²) < 4.78 is 104. The van der Waals surface area contributed by atoms with Gasteiger partial charge in [-0.05, 0) is 36.2 Å². The second kappa shape index (κ2) is 9.95. The molecule has 1 heterocycles. The van der Waals surface area contributed by atoms with Crippen LogP contribution < -0.4 is 14.8 Å². The number of sulfonamides is 1. The van der Waals surface area contributed by atoms with Gasteiger partial charge in [-0.25, -0.2) is 8.42 Å². The predicted octanol–water partition coefficient (Wildman–Crippen LogP) is 3.09. The van der Waals surface area contributed by atoms with Gasteiger partial charge in [-0.15, -0.1) is 0 Å². The molecule has 0 saturated heterocycles. The molecule has 33 heavy (non-hydrogen) atoms. The number of halogens is 5. The highest BCUT2D eigenvalue weighted by Crippen LogP contribution is 2.34. The van der Waals surface area contributed by atoms with Gasteiger partial charge in [-0.3, -0.25) is 4.79 Å². The highest BCUT2D eigenvalue weighted by molar-refractivity contribution is 7.89. The SMILES string of the molecule is COc1ccc(CCN(C)S(=O)(=O)c2ccc(C(=O)NCC(F)(F)C(F)(F)F)o2)cc1OC. The Morgan fingerprint density at radius 3 is 2.27 bits per heavy atom. The summed E-state index contributed by atoms with van der Waals surface area (Å²) in [5.74, 6) is -6.36. The molecule has 0 saturated carbocycles. The first-order valence-corrected chi connectivity index (χ1v) is 10.7. The number of nitrogens with one attached hydrogen (secondary N) is 1. The lowest BCUT2D eigenvalue weighted by atomic mass is 10.1. The van der Waals surface area contributed by atoms with Crippen LogP contribution in [-0.2, 0) is 16.4 Å². The number of likely N-dealkylation sites (N-methyl/N-ethyl adjacent to an activating group) is 1. The highest BCUT2D eigenvalue weighted by atomic mass is 32.2. The molecule has 184 valence electrons. The van der Waals surface area contributed by atoms with Crippen molar-refractivity contribution in [3.63, 3.8) is 0 Å². The Kier molecular flexibility index (Phi) is 7.96. The number of nitrogens with zero attached hydrogens (tertiary/aromatic N) is 1. The van der Waals surface area contributed by atoms with E-state index in [9.17, 15) is 35.2 Å². The molecular formula is C19H21F5N2O6S. The molecule has 0 aliphatic rings. The third-order valence-corrected chi connectivity index (χ3v) is 6.25. The van der Waals surface area contributed by atoms with Gasteiger partial charge in [0.2, 0.25) is 5.09 Å². The molecule has 1 aromatic carbocycles. The molecule has 14 heteroatoms. The molecule has 2 rings (SSSR count). The molecule has 0 radical (unpaired) electrons. The molecular weight excluding hydrogens is 479 g/mol. The van der Waals surface area contributed by atoms with Gasteiger partial charge in [0.25, 0.3) is 15.9 Å². The van der Waals surface area contributed by atoms with Crippen molar-refractivity contribution in [2.45, 2.75) is 23.6 Å². The molecule has 0 atom stereocenters. The summed E-state index contributed by atoms with van der Waals surface area (Å²) in [5.41, 5.74) is 0.736. The Bertz CT molecular complexity index is 1080. The maximum Gasteiger partial charge on any atom is 0.455 e. The number of carbonyl (C=O) groups excluding carboxylic acids is 1. The average Bonchev–Trinajstić information content (AvgIpc) is 3.26. The number of ether oxygens (including phenoxy) is 2. The second-order valence-corrected chi connectivity index (χ2v) is 8.75. The summed E-state index contributed by atoms with van der Waals surface area (Å²) in [6, 6.07) is 6.80. The van der Waals surface area contributed by atoms with Gasteiger partial charge in [0.15, 0.2) is 17.3 Å². The number of rotatable bonds is 10. The van der Waals surface area contributed by atoms with E-state index in [-0.39, 0.29) is 13.0 Å². The first kappa shape index (κ1) is 26.4. The second-order valence-electron chi connectivity index (χ2n) is 6.77. The van der Waals surface area contributed by atoms with E-state index in [2.05, 4.69) is 0 Å². The van der Waals surface area contributed by atoms with Crippen LogP contribution in [0.3, 0.4) is 0 Å². The van der Waals surface area contributed by atoms with E-state index in [1.165, 1.54) is 26.6 Å². The van der Waals surface area contributed by atoms with E-state index in [4.69, 9.17) is 13.9 Å². The number of methoxy groups -OCH3 is 2. The lowest BCUT2D eigenvalue weighted by Crippen LogP contribution is -2.46. The predicted molar refractivity (Wildman–Crippen MR) is 105 cm³/mol. The topological polar surface area (TPSA) is 98.1 Å². The third-order valence-electron chi connectivity index (χ3n) is 4.52. The normalized spacial score (nSPS) is 12.6. The number of furan rings is 1. The number of amides is 1. The molecule has 8 nitrogen and oxygen atoms in total. The summed E-state index contributed by atoms with van der Waals surface area (Å²) in [7, 11) is -0.0408. The van der Waals surface area contributed by atoms with E-state index in [1.54, 1.807) is 18.2 Å². The number of alkyl halides is 5. The zero-order valence-corrected chi connectivity index (χ0v) is 18.5. The van der Waals surface area contributed by atoms with Crippen LogP contribution in [0.4, 0.5) is 22.0 Å². The standard InChI is InChI=1S/C19H21F5N2O6S/c1-26(9-8-12-4-5-13(30-2)15(10-12)31-3)33(28,29)16-7-6-14(32-16)17(27)25-11-18(20,21)19(22,23)24/h4-7,10H,8-9,11H2,1-3H3,(H,25,27). The number of hydrogen-bond donors (Lipinski definition) is 1. The average molecular weight is 500 g/mol. The lowest BCUT2D eigenvalue weighted by molar-refractivity contribution is -0.278. The van der Waals surface area contributed by atoms with E-state index < -0.39 is 45.4 Å². The zero-order valence-electron chi connectivity index (χ0n) is 17.7. The van der Waals surface area contributed by atoms with Gasteiger partial charge in [-0.1, -0.05) is 6.07 Å². The van der Waals surface area contributed by atoms with Gasteiger partial charge in [-0.2, -0.15) is 26.3 Å². The first-order chi connectivity index (χ1) is 15.2. The quantitative estimate of drug-likeness (QED) is 0.504. The minimum atomic E-state index is -5.85. The van der Waals surface area contributed by atoms with Crippen molar-refractivity contribution in [1.29, 1.82) is 0 Å². The Hall–Kier alpha value is -2.87. The fraction of sp³-hybridized carbons (Fsp3) is 0.421. The summed E-state index contributed by atoms with van der Waals surface area (Å²) in [4.78, 5) is 11.8. The van der Waals surface area contributed by atoms with E-state index in [0.717, 1.165) is 22.0 Å². The van der Waals surface area contributed by atoms with Gasteiger partial charge in [0.05, 0.1) is 20.8 Å². The van der Waals surface area contributed by atoms with E-state index >= 15 is 0 Å². The van der Waals surface area contributed by atoms with Crippen LogP contribution in [-0.4, -0.2) is 65.1 Å². The Morgan fingerprint density at radius 2 is 1.70 bits per heavy atom. The lowest BCUT2D eigenvalue weighted by Gasteiger charge is -2.19. The van der Waals surface area contributed by atoms with Crippen LogP contribution in [0, 0.1) is 0 Å². The van der Waals surface area contributed by atoms with Crippen molar-refractivity contribution in [2.24, 2.45) is 0 Å². The molecule has 1 N–H and O–H groups in total. The van der Waals surface area contributed by atoms with Gasteiger partial charge in [0, 0.05) is 13.6 Å². The smallest absolute Gasteiger partial charge is 0.455 e. The monoisotopic (exact) mass is 500 g/mol. The molecule has 2 aromatic rings. The number of benzene rings is 1. The van der Waals surface area contributed by atoms with Gasteiger partial charge >= 0.3 is 12.1 Å². The fourth-order valence-electron chi connectivity index (χ4n) is 2.56. The number of carbonyl (C=O) groups is 1. The number of hydrogen-bond acceptors (Lipinski definition) is 6. The van der Waals surface area contributed by atoms with Crippen molar-refractivity contribution in [3.8, 4) is 11.5 Å². The molecule has 0 fully saturated rings. The van der Waals surface area contributed by atoms with Crippen LogP contribution in [0.5, 0.6) is 11.5 Å².